The summed E-state index contributed by atoms with van der Waals surface area (Å²) in [6.07, 6.45) is 3.72. The second kappa shape index (κ2) is 6.78. The van der Waals surface area contributed by atoms with Crippen LogP contribution < -0.4 is 5.32 Å². The van der Waals surface area contributed by atoms with Gasteiger partial charge in [0.2, 0.25) is 0 Å². The molecule has 102 valence electrons. The molecule has 1 N–H and O–H groups in total. The lowest BCUT2D eigenvalue weighted by atomic mass is 10.1. The monoisotopic (exact) mass is 277 g/mol. The molecule has 0 spiro atoms. The number of hydrogen-bond donors (Lipinski definition) is 1. The van der Waals surface area contributed by atoms with Crippen molar-refractivity contribution in [2.24, 2.45) is 0 Å². The van der Waals surface area contributed by atoms with Crippen LogP contribution in [0.1, 0.15) is 37.6 Å². The van der Waals surface area contributed by atoms with E-state index in [9.17, 15) is 0 Å². The molecule has 1 aromatic carbocycles. The molecule has 0 aliphatic heterocycles. The molecule has 1 unspecified atom stereocenters. The first-order chi connectivity index (χ1) is 9.16. The molecule has 19 heavy (non-hydrogen) atoms. The highest BCUT2D eigenvalue weighted by atomic mass is 35.5. The summed E-state index contributed by atoms with van der Waals surface area (Å²) in [5, 5.41) is 4.39. The molecule has 0 saturated carbocycles. The number of benzene rings is 1. The topological polar surface area (TPSA) is 25.2 Å². The number of furan rings is 1. The largest absolute Gasteiger partial charge is 0.469 e. The van der Waals surface area contributed by atoms with Gasteiger partial charge < -0.3 is 9.73 Å². The molecule has 2 aromatic rings. The molecule has 2 nitrogen and oxygen atoms in total. The minimum Gasteiger partial charge on any atom is -0.469 e. The fourth-order valence-electron chi connectivity index (χ4n) is 2.24. The average molecular weight is 278 g/mol. The van der Waals surface area contributed by atoms with Gasteiger partial charge in [-0.05, 0) is 44.0 Å². The van der Waals surface area contributed by atoms with Crippen molar-refractivity contribution in [3.8, 4) is 0 Å². The molecule has 2 rings (SSSR count). The SMILES string of the molecule is CC(CCc1ccco1)N[C@@H](C)c1ccccc1Cl. The zero-order valence-electron chi connectivity index (χ0n) is 11.4. The van der Waals surface area contributed by atoms with Crippen LogP contribution in [0.25, 0.3) is 0 Å². The minimum atomic E-state index is 0.250. The van der Waals surface area contributed by atoms with Crippen LogP contribution in [0.3, 0.4) is 0 Å². The third kappa shape index (κ3) is 4.12. The van der Waals surface area contributed by atoms with Gasteiger partial charge >= 0.3 is 0 Å². The maximum Gasteiger partial charge on any atom is 0.103 e. The number of rotatable bonds is 6. The molecule has 0 bridgehead atoms. The summed E-state index contributed by atoms with van der Waals surface area (Å²) < 4.78 is 5.34. The van der Waals surface area contributed by atoms with E-state index in [1.165, 1.54) is 0 Å². The third-order valence-corrected chi connectivity index (χ3v) is 3.65. The Bertz CT molecular complexity index is 495. The van der Waals surface area contributed by atoms with Crippen LogP contribution in [-0.4, -0.2) is 6.04 Å². The molecule has 1 aromatic heterocycles. The van der Waals surface area contributed by atoms with Gasteiger partial charge in [0.15, 0.2) is 0 Å². The first-order valence-corrected chi connectivity index (χ1v) is 7.07. The second-order valence-corrected chi connectivity index (χ2v) is 5.34. The Kier molecular flexibility index (Phi) is 5.06. The molecule has 2 atom stereocenters. The Labute approximate surface area is 119 Å². The molecule has 0 radical (unpaired) electrons. The summed E-state index contributed by atoms with van der Waals surface area (Å²) in [6, 6.07) is 12.6. The Morgan fingerprint density at radius 1 is 1.16 bits per heavy atom. The van der Waals surface area contributed by atoms with Crippen molar-refractivity contribution in [2.45, 2.75) is 38.8 Å². The molecule has 1 heterocycles. The van der Waals surface area contributed by atoms with Crippen LogP contribution in [-0.2, 0) is 6.42 Å². The molecule has 3 heteroatoms. The van der Waals surface area contributed by atoms with Gasteiger partial charge in [0.05, 0.1) is 6.26 Å². The number of nitrogens with one attached hydrogen (secondary N) is 1. The van der Waals surface area contributed by atoms with E-state index < -0.39 is 0 Å². The molecule has 0 aliphatic rings. The van der Waals surface area contributed by atoms with Crippen LogP contribution in [0, 0.1) is 0 Å². The Morgan fingerprint density at radius 2 is 1.95 bits per heavy atom. The van der Waals surface area contributed by atoms with E-state index in [4.69, 9.17) is 16.0 Å². The highest BCUT2D eigenvalue weighted by Gasteiger charge is 2.12. The van der Waals surface area contributed by atoms with Crippen molar-refractivity contribution in [3.05, 3.63) is 59.0 Å². The Balaban J connectivity index is 1.85. The predicted molar refractivity (Wildman–Crippen MR) is 79.5 cm³/mol. The van der Waals surface area contributed by atoms with E-state index in [2.05, 4.69) is 25.2 Å². The van der Waals surface area contributed by atoms with Crippen LogP contribution in [0.4, 0.5) is 0 Å². The number of hydrogen-bond acceptors (Lipinski definition) is 2. The van der Waals surface area contributed by atoms with Crippen molar-refractivity contribution < 1.29 is 4.42 Å². The molecule has 0 amide bonds. The standard InChI is InChI=1S/C16H20ClNO/c1-12(9-10-14-6-5-11-19-14)18-13(2)15-7-3-4-8-16(15)17/h3-8,11-13,18H,9-10H2,1-2H3/t12?,13-/m0/s1. The lowest BCUT2D eigenvalue weighted by molar-refractivity contribution is 0.431. The predicted octanol–water partition coefficient (Wildman–Crippen LogP) is 4.60. The van der Waals surface area contributed by atoms with Gasteiger partial charge in [-0.1, -0.05) is 29.8 Å². The van der Waals surface area contributed by atoms with Crippen molar-refractivity contribution >= 4 is 11.6 Å². The second-order valence-electron chi connectivity index (χ2n) is 4.93. The summed E-state index contributed by atoms with van der Waals surface area (Å²) in [6.45, 7) is 4.33. The van der Waals surface area contributed by atoms with E-state index in [-0.39, 0.29) is 6.04 Å². The maximum absolute atomic E-state index is 6.21. The molecule has 0 saturated heterocycles. The van der Waals surface area contributed by atoms with Gasteiger partial charge in [0, 0.05) is 23.5 Å². The lowest BCUT2D eigenvalue weighted by Gasteiger charge is -2.21. The first-order valence-electron chi connectivity index (χ1n) is 6.69. The Hall–Kier alpha value is -1.25. The molecule has 0 fully saturated rings. The van der Waals surface area contributed by atoms with Gasteiger partial charge in [0.1, 0.15) is 5.76 Å². The van der Waals surface area contributed by atoms with E-state index >= 15 is 0 Å². The average Bonchev–Trinajstić information content (AvgIpc) is 2.90. The van der Waals surface area contributed by atoms with Gasteiger partial charge in [-0.15, -0.1) is 0 Å². The van der Waals surface area contributed by atoms with Crippen LogP contribution in [0.15, 0.2) is 47.1 Å². The number of halogens is 1. The smallest absolute Gasteiger partial charge is 0.103 e. The summed E-state index contributed by atoms with van der Waals surface area (Å²) >= 11 is 6.21. The van der Waals surface area contributed by atoms with Crippen molar-refractivity contribution in [1.29, 1.82) is 0 Å². The van der Waals surface area contributed by atoms with E-state index in [0.29, 0.717) is 6.04 Å². The van der Waals surface area contributed by atoms with E-state index in [0.717, 1.165) is 29.2 Å². The van der Waals surface area contributed by atoms with E-state index in [1.54, 1.807) is 6.26 Å². The van der Waals surface area contributed by atoms with Gasteiger partial charge in [-0.3, -0.25) is 0 Å². The first kappa shape index (κ1) is 14.2. The van der Waals surface area contributed by atoms with Gasteiger partial charge in [-0.2, -0.15) is 0 Å². The van der Waals surface area contributed by atoms with Crippen molar-refractivity contribution in [3.63, 3.8) is 0 Å². The van der Waals surface area contributed by atoms with Crippen LogP contribution in [0.5, 0.6) is 0 Å². The zero-order chi connectivity index (χ0) is 13.7. The summed E-state index contributed by atoms with van der Waals surface area (Å²) in [5.74, 6) is 1.04. The fraction of sp³-hybridized carbons (Fsp3) is 0.375. The summed E-state index contributed by atoms with van der Waals surface area (Å²) in [7, 11) is 0. The number of aryl methyl sites for hydroxylation is 1. The fourth-order valence-corrected chi connectivity index (χ4v) is 2.54. The summed E-state index contributed by atoms with van der Waals surface area (Å²) in [4.78, 5) is 0. The summed E-state index contributed by atoms with van der Waals surface area (Å²) in [5.41, 5.74) is 1.15. The molecule has 0 aliphatic carbocycles. The lowest BCUT2D eigenvalue weighted by Crippen LogP contribution is -2.29. The van der Waals surface area contributed by atoms with Crippen LogP contribution >= 0.6 is 11.6 Å². The minimum absolute atomic E-state index is 0.250. The van der Waals surface area contributed by atoms with Crippen LogP contribution in [0.2, 0.25) is 5.02 Å². The maximum atomic E-state index is 6.21. The van der Waals surface area contributed by atoms with Gasteiger partial charge in [0.25, 0.3) is 0 Å². The third-order valence-electron chi connectivity index (χ3n) is 3.31. The quantitative estimate of drug-likeness (QED) is 0.834. The highest BCUT2D eigenvalue weighted by Crippen LogP contribution is 2.22. The Morgan fingerprint density at radius 3 is 2.63 bits per heavy atom. The molecular formula is C16H20ClNO. The van der Waals surface area contributed by atoms with E-state index in [1.807, 2.05) is 30.3 Å². The highest BCUT2D eigenvalue weighted by molar-refractivity contribution is 6.31. The zero-order valence-corrected chi connectivity index (χ0v) is 12.2. The van der Waals surface area contributed by atoms with Crippen molar-refractivity contribution in [2.75, 3.05) is 0 Å². The molecular weight excluding hydrogens is 258 g/mol. The normalized spacial score (nSPS) is 14.3. The van der Waals surface area contributed by atoms with Gasteiger partial charge in [-0.25, -0.2) is 0 Å². The van der Waals surface area contributed by atoms with Crippen molar-refractivity contribution in [1.82, 2.24) is 5.32 Å².